The molecule has 3 heterocycles. The van der Waals surface area contributed by atoms with Crippen molar-refractivity contribution in [3.63, 3.8) is 0 Å². The van der Waals surface area contributed by atoms with Gasteiger partial charge in [-0.15, -0.1) is 0 Å². The molecule has 1 aliphatic rings. The van der Waals surface area contributed by atoms with E-state index in [1.165, 1.54) is 11.1 Å². The standard InChI is InChI=1S/C24H31N5O2/c1-17-14-23-26-18(2)22(19(3)29(23)27-17)8-9-24(30)25-15-20-6-4-5-7-21(20)16-28-10-12-31-13-11-28/h4-7,14H,8-13,15-16H2,1-3H3,(H,25,30). The highest BCUT2D eigenvalue weighted by Crippen LogP contribution is 2.17. The molecule has 0 saturated carbocycles. The van der Waals surface area contributed by atoms with Gasteiger partial charge in [0.2, 0.25) is 5.91 Å². The Hall–Kier alpha value is -2.77. The number of aromatic nitrogens is 3. The number of hydrogen-bond acceptors (Lipinski definition) is 5. The zero-order chi connectivity index (χ0) is 21.8. The van der Waals surface area contributed by atoms with Gasteiger partial charge in [-0.25, -0.2) is 9.50 Å². The highest BCUT2D eigenvalue weighted by molar-refractivity contribution is 5.76. The third-order valence-corrected chi connectivity index (χ3v) is 5.98. The minimum Gasteiger partial charge on any atom is -0.379 e. The molecule has 164 valence electrons. The molecule has 1 N–H and O–H groups in total. The second-order valence-electron chi connectivity index (χ2n) is 8.25. The molecule has 31 heavy (non-hydrogen) atoms. The lowest BCUT2D eigenvalue weighted by molar-refractivity contribution is -0.121. The van der Waals surface area contributed by atoms with Crippen molar-refractivity contribution in [3.8, 4) is 0 Å². The first-order chi connectivity index (χ1) is 15.0. The number of fused-ring (bicyclic) bond motifs is 1. The number of nitrogens with one attached hydrogen (secondary N) is 1. The summed E-state index contributed by atoms with van der Waals surface area (Å²) in [5.41, 5.74) is 7.36. The number of carbonyl (C=O) groups is 1. The van der Waals surface area contributed by atoms with E-state index in [2.05, 4.69) is 38.5 Å². The average molecular weight is 422 g/mol. The molecule has 1 saturated heterocycles. The lowest BCUT2D eigenvalue weighted by Crippen LogP contribution is -2.36. The van der Waals surface area contributed by atoms with E-state index < -0.39 is 0 Å². The molecule has 7 nitrogen and oxygen atoms in total. The summed E-state index contributed by atoms with van der Waals surface area (Å²) in [4.78, 5) is 19.7. The van der Waals surface area contributed by atoms with Crippen molar-refractivity contribution < 1.29 is 9.53 Å². The van der Waals surface area contributed by atoms with Gasteiger partial charge in [-0.2, -0.15) is 5.10 Å². The number of hydrogen-bond donors (Lipinski definition) is 1. The van der Waals surface area contributed by atoms with Crippen LogP contribution in [0.25, 0.3) is 5.65 Å². The maximum absolute atomic E-state index is 12.6. The average Bonchev–Trinajstić information content (AvgIpc) is 3.14. The summed E-state index contributed by atoms with van der Waals surface area (Å²) >= 11 is 0. The van der Waals surface area contributed by atoms with Crippen LogP contribution in [0.4, 0.5) is 0 Å². The number of rotatable bonds is 7. The molecule has 1 aliphatic heterocycles. The Morgan fingerprint density at radius 2 is 1.87 bits per heavy atom. The number of nitrogens with zero attached hydrogens (tertiary/aromatic N) is 4. The Labute approximate surface area is 183 Å². The number of benzene rings is 1. The summed E-state index contributed by atoms with van der Waals surface area (Å²) in [6, 6.07) is 10.3. The van der Waals surface area contributed by atoms with E-state index in [0.717, 1.165) is 61.1 Å². The van der Waals surface area contributed by atoms with E-state index in [1.54, 1.807) is 0 Å². The molecular formula is C24H31N5O2. The van der Waals surface area contributed by atoms with Gasteiger partial charge in [-0.3, -0.25) is 9.69 Å². The van der Waals surface area contributed by atoms with Crippen molar-refractivity contribution >= 4 is 11.6 Å². The maximum atomic E-state index is 12.6. The maximum Gasteiger partial charge on any atom is 0.220 e. The van der Waals surface area contributed by atoms with E-state index in [9.17, 15) is 4.79 Å². The van der Waals surface area contributed by atoms with Crippen LogP contribution >= 0.6 is 0 Å². The van der Waals surface area contributed by atoms with Gasteiger partial charge in [-0.05, 0) is 43.9 Å². The molecule has 0 atom stereocenters. The monoisotopic (exact) mass is 421 g/mol. The number of aryl methyl sites for hydroxylation is 3. The summed E-state index contributed by atoms with van der Waals surface area (Å²) in [5.74, 6) is 0.0525. The van der Waals surface area contributed by atoms with Crippen LogP contribution < -0.4 is 5.32 Å². The topological polar surface area (TPSA) is 71.8 Å². The largest absolute Gasteiger partial charge is 0.379 e. The fourth-order valence-electron chi connectivity index (χ4n) is 4.21. The van der Waals surface area contributed by atoms with E-state index >= 15 is 0 Å². The van der Waals surface area contributed by atoms with E-state index in [1.807, 2.05) is 37.4 Å². The second kappa shape index (κ2) is 9.58. The number of amides is 1. The summed E-state index contributed by atoms with van der Waals surface area (Å²) in [5, 5.41) is 7.62. The van der Waals surface area contributed by atoms with Crippen LogP contribution in [0, 0.1) is 20.8 Å². The molecule has 7 heteroatoms. The smallest absolute Gasteiger partial charge is 0.220 e. The fraction of sp³-hybridized carbons (Fsp3) is 0.458. The van der Waals surface area contributed by atoms with E-state index in [-0.39, 0.29) is 5.91 Å². The highest BCUT2D eigenvalue weighted by atomic mass is 16.5. The summed E-state index contributed by atoms with van der Waals surface area (Å²) in [6.45, 7) is 10.9. The normalized spacial score (nSPS) is 14.8. The van der Waals surface area contributed by atoms with Gasteiger partial charge < -0.3 is 10.1 Å². The van der Waals surface area contributed by atoms with E-state index in [0.29, 0.717) is 19.4 Å². The number of morpholine rings is 1. The van der Waals surface area contributed by atoms with Crippen LogP contribution in [0.2, 0.25) is 0 Å². The first-order valence-corrected chi connectivity index (χ1v) is 11.0. The van der Waals surface area contributed by atoms with Crippen LogP contribution in [0.3, 0.4) is 0 Å². The molecule has 0 aliphatic carbocycles. The first-order valence-electron chi connectivity index (χ1n) is 11.0. The molecule has 3 aromatic rings. The summed E-state index contributed by atoms with van der Waals surface area (Å²) in [7, 11) is 0. The quantitative estimate of drug-likeness (QED) is 0.635. The third-order valence-electron chi connectivity index (χ3n) is 5.98. The molecule has 4 rings (SSSR count). The van der Waals surface area contributed by atoms with Crippen LogP contribution in [-0.4, -0.2) is 51.7 Å². The van der Waals surface area contributed by atoms with Crippen molar-refractivity contribution in [1.82, 2.24) is 24.8 Å². The van der Waals surface area contributed by atoms with Crippen LogP contribution in [0.5, 0.6) is 0 Å². The Balaban J connectivity index is 1.36. The van der Waals surface area contributed by atoms with Gasteiger partial charge in [-0.1, -0.05) is 24.3 Å². The predicted molar refractivity (Wildman–Crippen MR) is 120 cm³/mol. The Morgan fingerprint density at radius 3 is 2.65 bits per heavy atom. The van der Waals surface area contributed by atoms with Crippen LogP contribution in [0.15, 0.2) is 30.3 Å². The lowest BCUT2D eigenvalue weighted by atomic mass is 10.1. The molecule has 1 aromatic carbocycles. The zero-order valence-electron chi connectivity index (χ0n) is 18.6. The van der Waals surface area contributed by atoms with Crippen molar-refractivity contribution in [3.05, 3.63) is 64.1 Å². The van der Waals surface area contributed by atoms with Crippen molar-refractivity contribution in [1.29, 1.82) is 0 Å². The molecule has 0 radical (unpaired) electrons. The molecule has 1 fully saturated rings. The predicted octanol–water partition coefficient (Wildman–Crippen LogP) is 2.74. The SMILES string of the molecule is Cc1cc2nc(C)c(CCC(=O)NCc3ccccc3CN3CCOCC3)c(C)n2n1. The zero-order valence-corrected chi connectivity index (χ0v) is 18.6. The van der Waals surface area contributed by atoms with E-state index in [4.69, 9.17) is 4.74 Å². The number of ether oxygens (including phenoxy) is 1. The van der Waals surface area contributed by atoms with Gasteiger partial charge in [0.05, 0.1) is 18.9 Å². The number of carbonyl (C=O) groups excluding carboxylic acids is 1. The van der Waals surface area contributed by atoms with Gasteiger partial charge >= 0.3 is 0 Å². The molecule has 1 amide bonds. The van der Waals surface area contributed by atoms with Crippen molar-refractivity contribution in [2.75, 3.05) is 26.3 Å². The summed E-state index contributed by atoms with van der Waals surface area (Å²) < 4.78 is 7.32. The Morgan fingerprint density at radius 1 is 1.13 bits per heavy atom. The molecule has 0 bridgehead atoms. The fourth-order valence-corrected chi connectivity index (χ4v) is 4.21. The minimum absolute atomic E-state index is 0.0525. The van der Waals surface area contributed by atoms with Gasteiger partial charge in [0.15, 0.2) is 5.65 Å². The van der Waals surface area contributed by atoms with Crippen molar-refractivity contribution in [2.24, 2.45) is 0 Å². The third kappa shape index (κ3) is 5.11. The molecule has 2 aromatic heterocycles. The first kappa shape index (κ1) is 21.5. The van der Waals surface area contributed by atoms with Gasteiger partial charge in [0.1, 0.15) is 0 Å². The van der Waals surface area contributed by atoms with Gasteiger partial charge in [0, 0.05) is 50.1 Å². The lowest BCUT2D eigenvalue weighted by Gasteiger charge is -2.27. The Kier molecular flexibility index (Phi) is 6.63. The second-order valence-corrected chi connectivity index (χ2v) is 8.25. The van der Waals surface area contributed by atoms with Crippen LogP contribution in [-0.2, 0) is 29.0 Å². The molecule has 0 unspecified atom stereocenters. The molecular weight excluding hydrogens is 390 g/mol. The van der Waals surface area contributed by atoms with Crippen LogP contribution in [0.1, 0.15) is 40.2 Å². The summed E-state index contributed by atoms with van der Waals surface area (Å²) in [6.07, 6.45) is 1.08. The molecule has 0 spiro atoms. The minimum atomic E-state index is 0.0525. The highest BCUT2D eigenvalue weighted by Gasteiger charge is 2.15. The Bertz CT molecular complexity index is 1070. The van der Waals surface area contributed by atoms with Gasteiger partial charge in [0.25, 0.3) is 0 Å². The van der Waals surface area contributed by atoms with Crippen molar-refractivity contribution in [2.45, 2.75) is 46.7 Å².